The van der Waals surface area contributed by atoms with E-state index < -0.39 is 17.5 Å². The van der Waals surface area contributed by atoms with E-state index in [-0.39, 0.29) is 19.4 Å². The molecule has 0 amide bonds. The lowest BCUT2D eigenvalue weighted by Gasteiger charge is -2.37. The Morgan fingerprint density at radius 2 is 1.32 bits per heavy atom. The number of fused-ring (bicyclic) bond motifs is 3. The first-order chi connectivity index (χ1) is 27.3. The van der Waals surface area contributed by atoms with E-state index in [1.807, 2.05) is 91.9 Å². The van der Waals surface area contributed by atoms with Crippen molar-refractivity contribution in [2.24, 2.45) is 0 Å². The molecule has 5 aromatic carbocycles. The highest BCUT2D eigenvalue weighted by molar-refractivity contribution is 5.77. The monoisotopic (exact) mass is 754 g/mol. The highest BCUT2D eigenvalue weighted by Gasteiger charge is 2.38. The minimum atomic E-state index is -1.03. The summed E-state index contributed by atoms with van der Waals surface area (Å²) in [6.07, 6.45) is 3.47. The van der Waals surface area contributed by atoms with Gasteiger partial charge in [-0.3, -0.25) is 9.59 Å². The Kier molecular flexibility index (Phi) is 13.0. The zero-order valence-corrected chi connectivity index (χ0v) is 31.9. The van der Waals surface area contributed by atoms with Gasteiger partial charge in [0.2, 0.25) is 0 Å². The van der Waals surface area contributed by atoms with Crippen LogP contribution in [0.15, 0.2) is 133 Å². The third kappa shape index (κ3) is 9.20. The lowest BCUT2D eigenvalue weighted by atomic mass is 9.79. The number of ether oxygens (including phenoxy) is 6. The molecular weight excluding hydrogens is 709 g/mol. The van der Waals surface area contributed by atoms with Crippen LogP contribution in [0.4, 0.5) is 0 Å². The van der Waals surface area contributed by atoms with Crippen molar-refractivity contribution in [3.8, 4) is 28.4 Å². The maximum atomic E-state index is 11.8. The molecule has 0 aliphatic carbocycles. The summed E-state index contributed by atoms with van der Waals surface area (Å²) in [5, 5.41) is 8.76. The molecule has 0 spiro atoms. The molecule has 0 saturated carbocycles. The summed E-state index contributed by atoms with van der Waals surface area (Å²) in [7, 11) is 3.30. The molecule has 56 heavy (non-hydrogen) atoms. The molecule has 0 saturated heterocycles. The molecule has 0 bridgehead atoms. The van der Waals surface area contributed by atoms with Gasteiger partial charge in [-0.1, -0.05) is 91.5 Å². The largest absolute Gasteiger partial charge is 0.497 e. The summed E-state index contributed by atoms with van der Waals surface area (Å²) in [6.45, 7) is 7.73. The maximum Gasteiger partial charge on any atom is 0.306 e. The van der Waals surface area contributed by atoms with Crippen LogP contribution in [0.5, 0.6) is 17.2 Å². The van der Waals surface area contributed by atoms with E-state index in [1.54, 1.807) is 14.2 Å². The van der Waals surface area contributed by atoms with Crippen LogP contribution in [-0.2, 0) is 62.4 Å². The van der Waals surface area contributed by atoms with Crippen molar-refractivity contribution in [2.45, 2.75) is 58.4 Å². The Balaban J connectivity index is 1.14. The van der Waals surface area contributed by atoms with E-state index in [9.17, 15) is 9.59 Å². The van der Waals surface area contributed by atoms with Crippen LogP contribution in [0.25, 0.3) is 11.1 Å². The first kappa shape index (κ1) is 39.5. The second-order valence-electron chi connectivity index (χ2n) is 13.4. The van der Waals surface area contributed by atoms with Gasteiger partial charge >= 0.3 is 11.9 Å². The Bertz CT molecular complexity index is 2140. The molecule has 0 fully saturated rings. The Labute approximate surface area is 327 Å². The number of allylic oxidation sites excluding steroid dienone is 1. The molecule has 0 atom stereocenters. The number of esters is 1. The molecule has 1 N–H and O–H groups in total. The molecule has 6 rings (SSSR count). The van der Waals surface area contributed by atoms with Gasteiger partial charge in [0, 0.05) is 5.56 Å². The average Bonchev–Trinajstić information content (AvgIpc) is 3.23. The SMILES string of the molecule is C=C/C(=C\C)C(OCc1ccc2c(c1)OCc1cc(COCc3cccc(COC(=O)CCC(=O)O)c3)ccc1-2)(c1ccc(OC)cc1)c1ccc(OC)cc1. The highest BCUT2D eigenvalue weighted by atomic mass is 16.5. The van der Waals surface area contributed by atoms with Crippen molar-refractivity contribution in [2.75, 3.05) is 14.2 Å². The summed E-state index contributed by atoms with van der Waals surface area (Å²) >= 11 is 0. The summed E-state index contributed by atoms with van der Waals surface area (Å²) in [5.74, 6) is 0.730. The third-order valence-electron chi connectivity index (χ3n) is 9.75. The van der Waals surface area contributed by atoms with Gasteiger partial charge < -0.3 is 33.5 Å². The topological polar surface area (TPSA) is 110 Å². The van der Waals surface area contributed by atoms with Gasteiger partial charge in [-0.15, -0.1) is 0 Å². The number of benzene rings is 5. The van der Waals surface area contributed by atoms with Crippen LogP contribution in [0, 0.1) is 0 Å². The minimum Gasteiger partial charge on any atom is -0.497 e. The third-order valence-corrected chi connectivity index (χ3v) is 9.75. The smallest absolute Gasteiger partial charge is 0.306 e. The van der Waals surface area contributed by atoms with Gasteiger partial charge in [-0.25, -0.2) is 0 Å². The number of carboxylic acid groups (broad SMARTS) is 1. The van der Waals surface area contributed by atoms with Crippen LogP contribution in [-0.4, -0.2) is 31.3 Å². The zero-order valence-electron chi connectivity index (χ0n) is 31.9. The standard InChI is InChI=1S/C47H46O9/c1-5-37(6-2)47(38-12-16-40(51-3)17-13-38,39-14-18-41(52-4)19-15-39)56-30-35-11-21-43-42-20-10-34(25-36(42)31-54-44(43)26-35)28-53-27-32-8-7-9-33(24-32)29-55-46(50)23-22-45(48)49/h5-21,24-26H,1,22-23,27-31H2,2-4H3,(H,48,49)/b37-6+. The molecule has 1 aliphatic rings. The van der Waals surface area contributed by atoms with E-state index in [0.29, 0.717) is 26.4 Å². The van der Waals surface area contributed by atoms with Crippen molar-refractivity contribution in [3.63, 3.8) is 0 Å². The van der Waals surface area contributed by atoms with Gasteiger partial charge in [0.05, 0.1) is 46.9 Å². The van der Waals surface area contributed by atoms with E-state index in [2.05, 4.69) is 43.0 Å². The molecule has 0 aromatic heterocycles. The number of carboxylic acids is 1. The van der Waals surface area contributed by atoms with E-state index in [0.717, 1.165) is 72.9 Å². The quantitative estimate of drug-likeness (QED) is 0.0691. The van der Waals surface area contributed by atoms with E-state index >= 15 is 0 Å². The van der Waals surface area contributed by atoms with Crippen molar-refractivity contribution >= 4 is 11.9 Å². The molecule has 1 heterocycles. The van der Waals surface area contributed by atoms with Crippen molar-refractivity contribution in [1.29, 1.82) is 0 Å². The van der Waals surface area contributed by atoms with Gasteiger partial charge in [-0.2, -0.15) is 0 Å². The van der Waals surface area contributed by atoms with Crippen molar-refractivity contribution < 1.29 is 43.1 Å². The van der Waals surface area contributed by atoms with Crippen LogP contribution < -0.4 is 14.2 Å². The molecular formula is C47H46O9. The molecule has 0 radical (unpaired) electrons. The second-order valence-corrected chi connectivity index (χ2v) is 13.4. The van der Waals surface area contributed by atoms with E-state index in [1.165, 1.54) is 0 Å². The van der Waals surface area contributed by atoms with Crippen LogP contribution in [0.3, 0.4) is 0 Å². The summed E-state index contributed by atoms with van der Waals surface area (Å²) < 4.78 is 35.6. The Morgan fingerprint density at radius 3 is 1.91 bits per heavy atom. The number of aliphatic carboxylic acids is 1. The molecule has 1 aliphatic heterocycles. The maximum absolute atomic E-state index is 11.8. The first-order valence-corrected chi connectivity index (χ1v) is 18.4. The molecule has 5 aromatic rings. The average molecular weight is 755 g/mol. The lowest BCUT2D eigenvalue weighted by Crippen LogP contribution is -2.33. The summed E-state index contributed by atoms with van der Waals surface area (Å²) in [5.41, 5.74) is 8.74. The molecule has 0 unspecified atom stereocenters. The molecule has 288 valence electrons. The number of carbonyl (C=O) groups excluding carboxylic acids is 1. The number of methoxy groups -OCH3 is 2. The predicted molar refractivity (Wildman–Crippen MR) is 213 cm³/mol. The van der Waals surface area contributed by atoms with Gasteiger partial charge in [0.25, 0.3) is 0 Å². The number of hydrogen-bond acceptors (Lipinski definition) is 8. The van der Waals surface area contributed by atoms with Gasteiger partial charge in [0.15, 0.2) is 0 Å². The summed E-state index contributed by atoms with van der Waals surface area (Å²) in [6, 6.07) is 36.0. The van der Waals surface area contributed by atoms with E-state index in [4.69, 9.17) is 33.5 Å². The van der Waals surface area contributed by atoms with Gasteiger partial charge in [0.1, 0.15) is 36.1 Å². The molecule has 9 heteroatoms. The fourth-order valence-corrected chi connectivity index (χ4v) is 6.87. The number of carbonyl (C=O) groups is 2. The number of hydrogen-bond donors (Lipinski definition) is 1. The first-order valence-electron chi connectivity index (χ1n) is 18.4. The lowest BCUT2D eigenvalue weighted by molar-refractivity contribution is -0.148. The molecule has 9 nitrogen and oxygen atoms in total. The minimum absolute atomic E-state index is 0.0771. The summed E-state index contributed by atoms with van der Waals surface area (Å²) in [4.78, 5) is 22.5. The second kappa shape index (κ2) is 18.4. The zero-order chi connectivity index (χ0) is 39.5. The predicted octanol–water partition coefficient (Wildman–Crippen LogP) is 9.48. The number of rotatable bonds is 18. The van der Waals surface area contributed by atoms with Crippen LogP contribution in [0.1, 0.15) is 58.7 Å². The van der Waals surface area contributed by atoms with Crippen LogP contribution in [0.2, 0.25) is 0 Å². The van der Waals surface area contributed by atoms with Crippen molar-refractivity contribution in [3.05, 3.63) is 172 Å². The van der Waals surface area contributed by atoms with Gasteiger partial charge in [-0.05, 0) is 93.4 Å². The fourth-order valence-electron chi connectivity index (χ4n) is 6.87. The van der Waals surface area contributed by atoms with Crippen molar-refractivity contribution in [1.82, 2.24) is 0 Å². The fraction of sp³-hybridized carbons (Fsp3) is 0.234. The highest BCUT2D eigenvalue weighted by Crippen LogP contribution is 2.44. The normalized spacial score (nSPS) is 12.2. The van der Waals surface area contributed by atoms with Crippen LogP contribution >= 0.6 is 0 Å². The Morgan fingerprint density at radius 1 is 0.732 bits per heavy atom. The Hall–Kier alpha value is -6.16.